The van der Waals surface area contributed by atoms with Gasteiger partial charge in [0.1, 0.15) is 12.1 Å². The minimum absolute atomic E-state index is 0.0143. The molecule has 0 bridgehead atoms. The highest BCUT2D eigenvalue weighted by molar-refractivity contribution is 5.83. The monoisotopic (exact) mass is 443 g/mol. The van der Waals surface area contributed by atoms with Crippen LogP contribution in [-0.4, -0.2) is 68.6 Å². The van der Waals surface area contributed by atoms with Gasteiger partial charge >= 0.3 is 0 Å². The van der Waals surface area contributed by atoms with Crippen LogP contribution in [0.15, 0.2) is 60.9 Å². The van der Waals surface area contributed by atoms with Crippen molar-refractivity contribution in [3.05, 3.63) is 72.1 Å². The standard InChI is InChI=1S/C24H25N7O2/c1-18-7-5-6-10-20(18)33-16-21(32)29-11-13-30(14-12-29)23-22-24(26-17-25-23)31(28-27-22)15-19-8-3-2-4-9-19/h2-10,17H,11-16H2,1H3. The van der Waals surface area contributed by atoms with Crippen molar-refractivity contribution in [2.75, 3.05) is 37.7 Å². The zero-order chi connectivity index (χ0) is 22.6. The number of fused-ring (bicyclic) bond motifs is 1. The highest BCUT2D eigenvalue weighted by Crippen LogP contribution is 2.22. The van der Waals surface area contributed by atoms with Crippen molar-refractivity contribution in [3.63, 3.8) is 0 Å². The predicted molar refractivity (Wildman–Crippen MR) is 124 cm³/mol. The van der Waals surface area contributed by atoms with Crippen LogP contribution in [0, 0.1) is 6.92 Å². The van der Waals surface area contributed by atoms with Gasteiger partial charge in [-0.2, -0.15) is 0 Å². The number of carbonyl (C=O) groups excluding carboxylic acids is 1. The molecule has 1 saturated heterocycles. The number of rotatable bonds is 6. The predicted octanol–water partition coefficient (Wildman–Crippen LogP) is 2.31. The summed E-state index contributed by atoms with van der Waals surface area (Å²) in [6.45, 7) is 5.12. The first kappa shape index (κ1) is 20.9. The molecule has 0 unspecified atom stereocenters. The zero-order valence-electron chi connectivity index (χ0n) is 18.5. The van der Waals surface area contributed by atoms with Crippen LogP contribution in [-0.2, 0) is 11.3 Å². The molecule has 0 N–H and O–H groups in total. The van der Waals surface area contributed by atoms with E-state index < -0.39 is 0 Å². The van der Waals surface area contributed by atoms with Crippen molar-refractivity contribution in [3.8, 4) is 5.75 Å². The van der Waals surface area contributed by atoms with Gasteiger partial charge in [-0.1, -0.05) is 53.7 Å². The average Bonchev–Trinajstić information content (AvgIpc) is 3.27. The van der Waals surface area contributed by atoms with Gasteiger partial charge in [-0.15, -0.1) is 5.10 Å². The molecule has 1 amide bonds. The van der Waals surface area contributed by atoms with Gasteiger partial charge in [-0.3, -0.25) is 4.79 Å². The first-order valence-corrected chi connectivity index (χ1v) is 11.0. The fraction of sp³-hybridized carbons (Fsp3) is 0.292. The summed E-state index contributed by atoms with van der Waals surface area (Å²) in [5.74, 6) is 1.48. The number of aromatic nitrogens is 5. The summed E-state index contributed by atoms with van der Waals surface area (Å²) in [6.07, 6.45) is 1.55. The first-order valence-electron chi connectivity index (χ1n) is 11.0. The molecule has 5 rings (SSSR count). The van der Waals surface area contributed by atoms with Gasteiger partial charge in [-0.25, -0.2) is 14.6 Å². The molecule has 9 heteroatoms. The largest absolute Gasteiger partial charge is 0.484 e. The van der Waals surface area contributed by atoms with Crippen molar-refractivity contribution in [1.29, 1.82) is 0 Å². The molecule has 0 radical (unpaired) electrons. The molecule has 4 aromatic rings. The lowest BCUT2D eigenvalue weighted by Gasteiger charge is -2.35. The second-order valence-electron chi connectivity index (χ2n) is 8.02. The molecule has 0 atom stereocenters. The van der Waals surface area contributed by atoms with E-state index in [1.54, 1.807) is 11.0 Å². The van der Waals surface area contributed by atoms with E-state index in [1.807, 2.05) is 54.3 Å². The van der Waals surface area contributed by atoms with Crippen molar-refractivity contribution in [2.45, 2.75) is 13.5 Å². The van der Waals surface area contributed by atoms with Crippen LogP contribution in [0.2, 0.25) is 0 Å². The Morgan fingerprint density at radius 2 is 1.73 bits per heavy atom. The third kappa shape index (κ3) is 4.48. The molecule has 1 aliphatic rings. The number of anilines is 1. The average molecular weight is 444 g/mol. The van der Waals surface area contributed by atoms with Crippen molar-refractivity contribution in [1.82, 2.24) is 29.9 Å². The zero-order valence-corrected chi connectivity index (χ0v) is 18.5. The Balaban J connectivity index is 1.23. The van der Waals surface area contributed by atoms with Gasteiger partial charge in [0.25, 0.3) is 5.91 Å². The lowest BCUT2D eigenvalue weighted by molar-refractivity contribution is -0.133. The molecule has 0 spiro atoms. The molecule has 1 fully saturated rings. The normalized spacial score (nSPS) is 14.0. The number of para-hydroxylation sites is 1. The van der Waals surface area contributed by atoms with Crippen LogP contribution >= 0.6 is 0 Å². The van der Waals surface area contributed by atoms with E-state index in [1.165, 1.54) is 0 Å². The van der Waals surface area contributed by atoms with Crippen LogP contribution in [0.25, 0.3) is 11.2 Å². The van der Waals surface area contributed by atoms with Gasteiger partial charge in [0, 0.05) is 26.2 Å². The number of nitrogens with zero attached hydrogens (tertiary/aromatic N) is 7. The topological polar surface area (TPSA) is 89.3 Å². The van der Waals surface area contributed by atoms with E-state index in [-0.39, 0.29) is 12.5 Å². The maximum Gasteiger partial charge on any atom is 0.260 e. The molecule has 1 aliphatic heterocycles. The summed E-state index contributed by atoms with van der Waals surface area (Å²) >= 11 is 0. The number of piperazine rings is 1. The number of benzene rings is 2. The van der Waals surface area contributed by atoms with Gasteiger partial charge < -0.3 is 14.5 Å². The van der Waals surface area contributed by atoms with Gasteiger partial charge in [0.2, 0.25) is 0 Å². The van der Waals surface area contributed by atoms with E-state index in [0.29, 0.717) is 43.9 Å². The SMILES string of the molecule is Cc1ccccc1OCC(=O)N1CCN(c2ncnc3c2nnn3Cc2ccccc2)CC1. The summed E-state index contributed by atoms with van der Waals surface area (Å²) in [4.78, 5) is 25.5. The molecule has 168 valence electrons. The van der Waals surface area contributed by atoms with E-state index in [4.69, 9.17) is 4.74 Å². The quantitative estimate of drug-likeness (QED) is 0.452. The van der Waals surface area contributed by atoms with E-state index in [0.717, 1.165) is 22.7 Å². The molecule has 2 aromatic heterocycles. The Morgan fingerprint density at radius 1 is 0.970 bits per heavy atom. The third-order valence-corrected chi connectivity index (χ3v) is 5.83. The first-order chi connectivity index (χ1) is 16.2. The van der Waals surface area contributed by atoms with Crippen LogP contribution < -0.4 is 9.64 Å². The van der Waals surface area contributed by atoms with Gasteiger partial charge in [0.15, 0.2) is 23.6 Å². The lowest BCUT2D eigenvalue weighted by atomic mass is 10.2. The number of aryl methyl sites for hydroxylation is 1. The Morgan fingerprint density at radius 3 is 2.52 bits per heavy atom. The highest BCUT2D eigenvalue weighted by atomic mass is 16.5. The van der Waals surface area contributed by atoms with E-state index in [9.17, 15) is 4.79 Å². The second-order valence-corrected chi connectivity index (χ2v) is 8.02. The highest BCUT2D eigenvalue weighted by Gasteiger charge is 2.25. The van der Waals surface area contributed by atoms with Crippen molar-refractivity contribution >= 4 is 22.9 Å². The third-order valence-electron chi connectivity index (χ3n) is 5.83. The summed E-state index contributed by atoms with van der Waals surface area (Å²) in [7, 11) is 0. The molecule has 9 nitrogen and oxygen atoms in total. The minimum Gasteiger partial charge on any atom is -0.484 e. The number of hydrogen-bond acceptors (Lipinski definition) is 7. The van der Waals surface area contributed by atoms with E-state index in [2.05, 4.69) is 37.3 Å². The molecule has 2 aromatic carbocycles. The Bertz CT molecular complexity index is 1250. The molecule has 33 heavy (non-hydrogen) atoms. The van der Waals surface area contributed by atoms with Crippen molar-refractivity contribution in [2.24, 2.45) is 0 Å². The second kappa shape index (κ2) is 9.23. The van der Waals surface area contributed by atoms with Crippen LogP contribution in [0.4, 0.5) is 5.82 Å². The van der Waals surface area contributed by atoms with Crippen LogP contribution in [0.3, 0.4) is 0 Å². The smallest absolute Gasteiger partial charge is 0.260 e. The lowest BCUT2D eigenvalue weighted by Crippen LogP contribution is -2.50. The number of hydrogen-bond donors (Lipinski definition) is 0. The number of ether oxygens (including phenoxy) is 1. The maximum absolute atomic E-state index is 12.6. The maximum atomic E-state index is 12.6. The fourth-order valence-electron chi connectivity index (χ4n) is 3.99. The summed E-state index contributed by atoms with van der Waals surface area (Å²) in [6, 6.07) is 17.8. The Kier molecular flexibility index (Phi) is 5.84. The van der Waals surface area contributed by atoms with E-state index >= 15 is 0 Å². The van der Waals surface area contributed by atoms with Gasteiger partial charge in [0.05, 0.1) is 6.54 Å². The van der Waals surface area contributed by atoms with Crippen LogP contribution in [0.5, 0.6) is 5.75 Å². The fourth-order valence-corrected chi connectivity index (χ4v) is 3.99. The summed E-state index contributed by atoms with van der Waals surface area (Å²) in [5.41, 5.74) is 3.53. The molecular formula is C24H25N7O2. The molecule has 0 aliphatic carbocycles. The number of amides is 1. The van der Waals surface area contributed by atoms with Crippen LogP contribution in [0.1, 0.15) is 11.1 Å². The molecular weight excluding hydrogens is 418 g/mol. The van der Waals surface area contributed by atoms with Crippen molar-refractivity contribution < 1.29 is 9.53 Å². The summed E-state index contributed by atoms with van der Waals surface area (Å²) in [5, 5.41) is 8.67. The Hall–Kier alpha value is -4.01. The minimum atomic E-state index is -0.0143. The molecule has 3 heterocycles. The number of carbonyl (C=O) groups is 1. The Labute approximate surface area is 191 Å². The van der Waals surface area contributed by atoms with Gasteiger partial charge in [-0.05, 0) is 24.1 Å². The molecule has 0 saturated carbocycles. The summed E-state index contributed by atoms with van der Waals surface area (Å²) < 4.78 is 7.52.